The van der Waals surface area contributed by atoms with E-state index in [-0.39, 0.29) is 17.7 Å². The Morgan fingerprint density at radius 1 is 1.22 bits per heavy atom. The first-order valence-electron chi connectivity index (χ1n) is 8.10. The number of piperidine rings is 1. The normalized spacial score (nSPS) is 18.3. The Bertz CT molecular complexity index is 558. The molecule has 0 unspecified atom stereocenters. The molecule has 1 N–H and O–H groups in total. The van der Waals surface area contributed by atoms with Crippen LogP contribution in [-0.4, -0.2) is 53.0 Å². The smallest absolute Gasteiger partial charge is 0.282 e. The summed E-state index contributed by atoms with van der Waals surface area (Å²) in [6, 6.07) is 4.03. The van der Waals surface area contributed by atoms with Crippen molar-refractivity contribution < 1.29 is 9.59 Å². The molecule has 3 heterocycles. The zero-order valence-electron chi connectivity index (χ0n) is 13.2. The third-order valence-electron chi connectivity index (χ3n) is 4.16. The zero-order chi connectivity index (χ0) is 16.1. The van der Waals surface area contributed by atoms with Gasteiger partial charge in [0.2, 0.25) is 5.91 Å². The molecule has 3 rings (SSSR count). The summed E-state index contributed by atoms with van der Waals surface area (Å²) in [5, 5.41) is 2.84. The number of thioether (sulfide) groups is 1. The third kappa shape index (κ3) is 4.37. The Balaban J connectivity index is 1.46. The molecule has 6 nitrogen and oxygen atoms in total. The Morgan fingerprint density at radius 2 is 2.04 bits per heavy atom. The number of hydrogen-bond donors (Lipinski definition) is 1. The molecule has 2 saturated heterocycles. The maximum Gasteiger partial charge on any atom is 0.282 e. The Kier molecular flexibility index (Phi) is 5.38. The van der Waals surface area contributed by atoms with Crippen LogP contribution in [-0.2, 0) is 11.3 Å². The lowest BCUT2D eigenvalue weighted by Gasteiger charge is -2.27. The highest BCUT2D eigenvalue weighted by atomic mass is 32.2. The van der Waals surface area contributed by atoms with Crippen LogP contribution in [0.5, 0.6) is 0 Å². The van der Waals surface area contributed by atoms with Crippen molar-refractivity contribution in [3.05, 3.63) is 23.9 Å². The van der Waals surface area contributed by atoms with Gasteiger partial charge < -0.3 is 15.1 Å². The van der Waals surface area contributed by atoms with Gasteiger partial charge >= 0.3 is 0 Å². The second kappa shape index (κ2) is 7.68. The molecule has 0 bridgehead atoms. The molecular weight excluding hydrogens is 312 g/mol. The molecule has 2 aliphatic heterocycles. The number of nitrogens with one attached hydrogen (secondary N) is 1. The van der Waals surface area contributed by atoms with Gasteiger partial charge in [0.15, 0.2) is 0 Å². The van der Waals surface area contributed by atoms with Gasteiger partial charge in [-0.15, -0.1) is 0 Å². The highest BCUT2D eigenvalue weighted by Crippen LogP contribution is 2.18. The molecule has 0 radical (unpaired) electrons. The summed E-state index contributed by atoms with van der Waals surface area (Å²) in [5.41, 5.74) is 0.973. The number of carbonyl (C=O) groups excluding carboxylic acids is 2. The second-order valence-electron chi connectivity index (χ2n) is 5.89. The summed E-state index contributed by atoms with van der Waals surface area (Å²) < 4.78 is 0. The Labute approximate surface area is 140 Å². The minimum Gasteiger partial charge on any atom is -0.357 e. The molecular formula is C16H22N4O2S. The number of hydrogen-bond acceptors (Lipinski definition) is 5. The number of pyridine rings is 1. The Morgan fingerprint density at radius 3 is 2.70 bits per heavy atom. The lowest BCUT2D eigenvalue weighted by atomic mass is 10.1. The molecule has 2 aliphatic rings. The molecule has 1 aromatic rings. The fourth-order valence-electron chi connectivity index (χ4n) is 2.83. The maximum atomic E-state index is 11.9. The lowest BCUT2D eigenvalue weighted by molar-refractivity contribution is -0.121. The summed E-state index contributed by atoms with van der Waals surface area (Å²) in [6.07, 6.45) is 5.58. The monoisotopic (exact) mass is 334 g/mol. The Hall–Kier alpha value is -1.76. The van der Waals surface area contributed by atoms with Crippen molar-refractivity contribution in [2.45, 2.75) is 25.8 Å². The van der Waals surface area contributed by atoms with Gasteiger partial charge in [-0.25, -0.2) is 4.98 Å². The van der Waals surface area contributed by atoms with Gasteiger partial charge in [0, 0.05) is 38.1 Å². The van der Waals surface area contributed by atoms with E-state index in [9.17, 15) is 9.59 Å². The SMILES string of the molecule is O=C(CN1CCSC1=O)NCc1ccc(N2CCCCC2)nc1. The predicted octanol–water partition coefficient (Wildman–Crippen LogP) is 1.86. The van der Waals surface area contributed by atoms with E-state index in [0.29, 0.717) is 13.1 Å². The lowest BCUT2D eigenvalue weighted by Crippen LogP contribution is -2.37. The summed E-state index contributed by atoms with van der Waals surface area (Å²) >= 11 is 1.27. The highest BCUT2D eigenvalue weighted by Gasteiger charge is 2.23. The number of anilines is 1. The van der Waals surface area contributed by atoms with E-state index in [1.165, 1.54) is 31.0 Å². The van der Waals surface area contributed by atoms with Crippen LogP contribution in [0.2, 0.25) is 0 Å². The van der Waals surface area contributed by atoms with E-state index in [0.717, 1.165) is 30.2 Å². The van der Waals surface area contributed by atoms with Crippen LogP contribution in [0.15, 0.2) is 18.3 Å². The van der Waals surface area contributed by atoms with Crippen LogP contribution < -0.4 is 10.2 Å². The maximum absolute atomic E-state index is 11.9. The van der Waals surface area contributed by atoms with Gasteiger partial charge in [-0.1, -0.05) is 17.8 Å². The summed E-state index contributed by atoms with van der Waals surface area (Å²) in [6.45, 7) is 3.39. The van der Waals surface area contributed by atoms with Crippen molar-refractivity contribution in [3.63, 3.8) is 0 Å². The van der Waals surface area contributed by atoms with Crippen molar-refractivity contribution in [3.8, 4) is 0 Å². The standard InChI is InChI=1S/C16H22N4O2S/c21-15(12-20-8-9-23-16(20)22)18-11-13-4-5-14(17-10-13)19-6-2-1-3-7-19/h4-5,10H,1-3,6-9,11-12H2,(H,18,21). The average Bonchev–Trinajstić information content (AvgIpc) is 2.99. The van der Waals surface area contributed by atoms with Crippen LogP contribution in [0.1, 0.15) is 24.8 Å². The fourth-order valence-corrected chi connectivity index (χ4v) is 3.66. The zero-order valence-corrected chi connectivity index (χ0v) is 14.0. The van der Waals surface area contributed by atoms with Crippen molar-refractivity contribution in [2.24, 2.45) is 0 Å². The van der Waals surface area contributed by atoms with E-state index < -0.39 is 0 Å². The minimum atomic E-state index is -0.124. The van der Waals surface area contributed by atoms with Crippen LogP contribution in [0.3, 0.4) is 0 Å². The van der Waals surface area contributed by atoms with E-state index >= 15 is 0 Å². The van der Waals surface area contributed by atoms with Gasteiger partial charge in [-0.05, 0) is 30.9 Å². The van der Waals surface area contributed by atoms with Gasteiger partial charge in [-0.3, -0.25) is 9.59 Å². The number of nitrogens with zero attached hydrogens (tertiary/aromatic N) is 3. The minimum absolute atomic E-state index is 0.00676. The van der Waals surface area contributed by atoms with Crippen molar-refractivity contribution in [1.29, 1.82) is 0 Å². The highest BCUT2D eigenvalue weighted by molar-refractivity contribution is 8.13. The molecule has 23 heavy (non-hydrogen) atoms. The van der Waals surface area contributed by atoms with Crippen LogP contribution in [0, 0.1) is 0 Å². The van der Waals surface area contributed by atoms with Crippen LogP contribution >= 0.6 is 11.8 Å². The third-order valence-corrected chi connectivity index (χ3v) is 5.05. The molecule has 0 saturated carbocycles. The quantitative estimate of drug-likeness (QED) is 0.890. The van der Waals surface area contributed by atoms with Gasteiger partial charge in [-0.2, -0.15) is 0 Å². The first-order valence-corrected chi connectivity index (χ1v) is 9.09. The average molecular weight is 334 g/mol. The second-order valence-corrected chi connectivity index (χ2v) is 6.93. The molecule has 2 amide bonds. The van der Waals surface area contributed by atoms with Crippen LogP contribution in [0.4, 0.5) is 10.6 Å². The van der Waals surface area contributed by atoms with E-state index in [1.54, 1.807) is 4.90 Å². The molecule has 1 aromatic heterocycles. The molecule has 7 heteroatoms. The van der Waals surface area contributed by atoms with E-state index in [2.05, 4.69) is 15.2 Å². The first kappa shape index (κ1) is 16.1. The van der Waals surface area contributed by atoms with Gasteiger partial charge in [0.1, 0.15) is 12.4 Å². The molecule has 124 valence electrons. The molecule has 0 spiro atoms. The summed E-state index contributed by atoms with van der Waals surface area (Å²) in [7, 11) is 0. The van der Waals surface area contributed by atoms with E-state index in [1.807, 2.05) is 18.3 Å². The largest absolute Gasteiger partial charge is 0.357 e. The molecule has 0 atom stereocenters. The number of amides is 2. The fraction of sp³-hybridized carbons (Fsp3) is 0.562. The molecule has 2 fully saturated rings. The van der Waals surface area contributed by atoms with Gasteiger partial charge in [0.25, 0.3) is 5.24 Å². The van der Waals surface area contributed by atoms with E-state index in [4.69, 9.17) is 0 Å². The number of rotatable bonds is 5. The van der Waals surface area contributed by atoms with Crippen LogP contribution in [0.25, 0.3) is 0 Å². The number of carbonyl (C=O) groups is 2. The first-order chi connectivity index (χ1) is 11.2. The molecule has 0 aromatic carbocycles. The van der Waals surface area contributed by atoms with Crippen molar-refractivity contribution >= 4 is 28.7 Å². The predicted molar refractivity (Wildman–Crippen MR) is 91.6 cm³/mol. The topological polar surface area (TPSA) is 65.5 Å². The summed E-state index contributed by atoms with van der Waals surface area (Å²) in [5.74, 6) is 1.66. The summed E-state index contributed by atoms with van der Waals surface area (Å²) in [4.78, 5) is 31.7. The van der Waals surface area contributed by atoms with Crippen molar-refractivity contribution in [1.82, 2.24) is 15.2 Å². The molecule has 0 aliphatic carbocycles. The number of aromatic nitrogens is 1. The van der Waals surface area contributed by atoms with Gasteiger partial charge in [0.05, 0.1) is 0 Å². The van der Waals surface area contributed by atoms with Crippen molar-refractivity contribution in [2.75, 3.05) is 36.8 Å².